The van der Waals surface area contributed by atoms with Crippen LogP contribution in [0.1, 0.15) is 0 Å². The Bertz CT molecular complexity index is 2790. The Morgan fingerprint density at radius 2 is 0.736 bits per heavy atom. The summed E-state index contributed by atoms with van der Waals surface area (Å²) in [6.45, 7) is 0. The van der Waals surface area contributed by atoms with Gasteiger partial charge in [0, 0.05) is 59.7 Å². The Morgan fingerprint density at radius 3 is 1.30 bits per heavy atom. The number of benzene rings is 9. The lowest BCUT2D eigenvalue weighted by atomic mass is 9.94. The second-order valence-corrected chi connectivity index (χ2v) is 14.4. The molecular weight excluding hydrogens is 661 g/mol. The summed E-state index contributed by atoms with van der Waals surface area (Å²) in [5.74, 6) is 0. The van der Waals surface area contributed by atoms with E-state index in [9.17, 15) is 0 Å². The van der Waals surface area contributed by atoms with E-state index in [2.05, 4.69) is 216 Å². The second kappa shape index (κ2) is 13.1. The van der Waals surface area contributed by atoms with Gasteiger partial charge in [0.1, 0.15) is 0 Å². The van der Waals surface area contributed by atoms with Crippen molar-refractivity contribution >= 4 is 87.2 Å². The maximum Gasteiger partial charge on any atom is 0.0468 e. The number of hydrogen-bond donors (Lipinski definition) is 0. The fraction of sp³-hybridized carbons (Fsp3) is 0. The second-order valence-electron chi connectivity index (χ2n) is 13.4. The lowest BCUT2D eigenvalue weighted by Gasteiger charge is -2.25. The molecule has 2 nitrogen and oxygen atoms in total. The van der Waals surface area contributed by atoms with Gasteiger partial charge in [0.2, 0.25) is 0 Å². The van der Waals surface area contributed by atoms with Gasteiger partial charge in [0.15, 0.2) is 0 Å². The van der Waals surface area contributed by atoms with Crippen molar-refractivity contribution in [3.8, 4) is 11.1 Å². The Balaban J connectivity index is 1.10. The zero-order valence-corrected chi connectivity index (χ0v) is 29.7. The Kier molecular flexibility index (Phi) is 7.71. The maximum absolute atomic E-state index is 2.39. The molecule has 0 aliphatic carbocycles. The van der Waals surface area contributed by atoms with Crippen molar-refractivity contribution in [3.63, 3.8) is 0 Å². The van der Waals surface area contributed by atoms with Gasteiger partial charge in [-0.15, -0.1) is 11.3 Å². The van der Waals surface area contributed by atoms with Crippen LogP contribution in [0, 0.1) is 0 Å². The van der Waals surface area contributed by atoms with Crippen LogP contribution in [0.4, 0.5) is 34.1 Å². The number of para-hydroxylation sites is 4. The first kappa shape index (κ1) is 31.1. The van der Waals surface area contributed by atoms with E-state index in [0.29, 0.717) is 0 Å². The molecule has 0 spiro atoms. The molecule has 53 heavy (non-hydrogen) atoms. The summed E-state index contributed by atoms with van der Waals surface area (Å²) in [5.41, 5.74) is 9.24. The molecule has 0 N–H and O–H groups in total. The molecule has 0 amide bonds. The average Bonchev–Trinajstić information content (AvgIpc) is 3.62. The minimum Gasteiger partial charge on any atom is -0.311 e. The van der Waals surface area contributed by atoms with Gasteiger partial charge >= 0.3 is 0 Å². The van der Waals surface area contributed by atoms with Crippen LogP contribution in [0.2, 0.25) is 0 Å². The quantitative estimate of drug-likeness (QED) is 0.153. The Morgan fingerprint density at radius 1 is 0.283 bits per heavy atom. The number of anilines is 6. The normalized spacial score (nSPS) is 11.4. The summed E-state index contributed by atoms with van der Waals surface area (Å²) < 4.78 is 2.63. The Labute approximate surface area is 313 Å². The number of hydrogen-bond acceptors (Lipinski definition) is 3. The van der Waals surface area contributed by atoms with E-state index >= 15 is 0 Å². The summed E-state index contributed by atoms with van der Waals surface area (Å²) in [6.07, 6.45) is 0. The molecule has 1 heterocycles. The Hall–Kier alpha value is -6.68. The van der Waals surface area contributed by atoms with Crippen LogP contribution in [0.15, 0.2) is 206 Å². The predicted molar refractivity (Wildman–Crippen MR) is 229 cm³/mol. The molecule has 0 saturated carbocycles. The van der Waals surface area contributed by atoms with Crippen LogP contribution >= 0.6 is 11.3 Å². The topological polar surface area (TPSA) is 6.48 Å². The van der Waals surface area contributed by atoms with Crippen molar-refractivity contribution in [2.24, 2.45) is 0 Å². The minimum atomic E-state index is 1.13. The highest BCUT2D eigenvalue weighted by molar-refractivity contribution is 7.27. The zero-order chi connectivity index (χ0) is 35.1. The molecule has 10 aromatic rings. The third-order valence-electron chi connectivity index (χ3n) is 10.2. The molecule has 0 unspecified atom stereocenters. The van der Waals surface area contributed by atoms with Crippen molar-refractivity contribution in [1.82, 2.24) is 0 Å². The van der Waals surface area contributed by atoms with Crippen LogP contribution in [-0.2, 0) is 0 Å². The fourth-order valence-corrected chi connectivity index (χ4v) is 9.00. The largest absolute Gasteiger partial charge is 0.311 e. The molecular formula is C50H34N2S. The van der Waals surface area contributed by atoms with Crippen LogP contribution in [-0.4, -0.2) is 0 Å². The standard InChI is InChI=1S/C50H34N2S/c1-5-15-37(16-6-1)51(38-17-7-2-8-18-38)41-28-25-35(26-29-41)36-27-31-45-46(33-36)43-23-13-14-24-44(43)49-47-34-42(30-32-48(47)53-50(45)49)52(39-19-9-3-10-20-39)40-21-11-4-12-22-40/h1-34H. The summed E-state index contributed by atoms with van der Waals surface area (Å²) in [5, 5.41) is 7.77. The van der Waals surface area contributed by atoms with E-state index in [-0.39, 0.29) is 0 Å². The molecule has 10 rings (SSSR count). The first-order chi connectivity index (χ1) is 26.3. The third kappa shape index (κ3) is 5.50. The van der Waals surface area contributed by atoms with E-state index in [1.807, 2.05) is 11.3 Å². The summed E-state index contributed by atoms with van der Waals surface area (Å²) in [6, 6.07) is 74.3. The van der Waals surface area contributed by atoms with E-state index < -0.39 is 0 Å². The van der Waals surface area contributed by atoms with Crippen LogP contribution < -0.4 is 9.80 Å². The number of fused-ring (bicyclic) bond motifs is 8. The van der Waals surface area contributed by atoms with Gasteiger partial charge in [-0.25, -0.2) is 0 Å². The van der Waals surface area contributed by atoms with E-state index in [1.165, 1.54) is 52.8 Å². The zero-order valence-electron chi connectivity index (χ0n) is 28.9. The smallest absolute Gasteiger partial charge is 0.0468 e. The number of thiophene rings is 1. The highest BCUT2D eigenvalue weighted by Gasteiger charge is 2.19. The van der Waals surface area contributed by atoms with Crippen molar-refractivity contribution in [2.45, 2.75) is 0 Å². The average molecular weight is 695 g/mol. The minimum absolute atomic E-state index is 1.13. The predicted octanol–water partition coefficient (Wildman–Crippen LogP) is 15.0. The van der Waals surface area contributed by atoms with Crippen LogP contribution in [0.5, 0.6) is 0 Å². The molecule has 0 atom stereocenters. The molecule has 0 fully saturated rings. The van der Waals surface area contributed by atoms with Crippen molar-refractivity contribution in [2.75, 3.05) is 9.80 Å². The highest BCUT2D eigenvalue weighted by atomic mass is 32.1. The van der Waals surface area contributed by atoms with Crippen LogP contribution in [0.25, 0.3) is 52.8 Å². The molecule has 0 aliphatic heterocycles. The van der Waals surface area contributed by atoms with Crippen LogP contribution in [0.3, 0.4) is 0 Å². The lowest BCUT2D eigenvalue weighted by molar-refractivity contribution is 1.28. The third-order valence-corrected chi connectivity index (χ3v) is 11.4. The SMILES string of the molecule is c1ccc(N(c2ccccc2)c2ccc(-c3ccc4c(c3)c3ccccc3c3c5cc(N(c6ccccc6)c6ccccc6)ccc5sc43)cc2)cc1. The number of nitrogens with zero attached hydrogens (tertiary/aromatic N) is 2. The van der Waals surface area contributed by atoms with E-state index in [1.54, 1.807) is 0 Å². The lowest BCUT2D eigenvalue weighted by Crippen LogP contribution is -2.09. The van der Waals surface area contributed by atoms with Gasteiger partial charge in [0.25, 0.3) is 0 Å². The van der Waals surface area contributed by atoms with E-state index in [0.717, 1.165) is 34.1 Å². The summed E-state index contributed by atoms with van der Waals surface area (Å²) >= 11 is 1.90. The van der Waals surface area contributed by atoms with Gasteiger partial charge < -0.3 is 9.80 Å². The molecule has 0 radical (unpaired) electrons. The van der Waals surface area contributed by atoms with Crippen molar-refractivity contribution < 1.29 is 0 Å². The fourth-order valence-electron chi connectivity index (χ4n) is 7.77. The highest BCUT2D eigenvalue weighted by Crippen LogP contribution is 2.47. The van der Waals surface area contributed by atoms with Gasteiger partial charge in [-0.1, -0.05) is 121 Å². The molecule has 250 valence electrons. The van der Waals surface area contributed by atoms with Gasteiger partial charge in [-0.05, 0) is 112 Å². The van der Waals surface area contributed by atoms with Crippen molar-refractivity contribution in [1.29, 1.82) is 0 Å². The summed E-state index contributed by atoms with van der Waals surface area (Å²) in [4.78, 5) is 4.66. The first-order valence-electron chi connectivity index (χ1n) is 18.0. The van der Waals surface area contributed by atoms with Gasteiger partial charge in [0.05, 0.1) is 0 Å². The molecule has 1 aromatic heterocycles. The molecule has 0 bridgehead atoms. The molecule has 0 aliphatic rings. The van der Waals surface area contributed by atoms with Gasteiger partial charge in [-0.3, -0.25) is 0 Å². The van der Waals surface area contributed by atoms with Crippen molar-refractivity contribution in [3.05, 3.63) is 206 Å². The van der Waals surface area contributed by atoms with Gasteiger partial charge in [-0.2, -0.15) is 0 Å². The summed E-state index contributed by atoms with van der Waals surface area (Å²) in [7, 11) is 0. The maximum atomic E-state index is 2.39. The first-order valence-corrected chi connectivity index (χ1v) is 18.8. The monoisotopic (exact) mass is 694 g/mol. The van der Waals surface area contributed by atoms with E-state index in [4.69, 9.17) is 0 Å². The molecule has 3 heteroatoms. The number of rotatable bonds is 7. The molecule has 0 saturated heterocycles. The molecule has 9 aromatic carbocycles.